The van der Waals surface area contributed by atoms with E-state index < -0.39 is 11.7 Å². The van der Waals surface area contributed by atoms with Crippen molar-refractivity contribution < 1.29 is 13.9 Å². The Bertz CT molecular complexity index is 1490. The van der Waals surface area contributed by atoms with Crippen molar-refractivity contribution in [3.8, 4) is 16.9 Å². The molecule has 4 N–H and O–H groups in total. The van der Waals surface area contributed by atoms with Gasteiger partial charge in [0.25, 0.3) is 11.5 Å². The number of aromatic nitrogens is 3. The van der Waals surface area contributed by atoms with Crippen LogP contribution in [0.3, 0.4) is 0 Å². The maximum atomic E-state index is 13.7. The molecule has 2 heterocycles. The fourth-order valence-corrected chi connectivity index (χ4v) is 5.09. The summed E-state index contributed by atoms with van der Waals surface area (Å²) in [4.78, 5) is 25.5. The molecule has 1 fully saturated rings. The molecule has 0 radical (unpaired) electrons. The number of nitrogens with zero attached hydrogens (tertiary/aromatic N) is 2. The van der Waals surface area contributed by atoms with E-state index in [1.807, 2.05) is 37.4 Å². The molecule has 2 aromatic carbocycles. The summed E-state index contributed by atoms with van der Waals surface area (Å²) in [6, 6.07) is 11.5. The number of hydrogen-bond acceptors (Lipinski definition) is 5. The Labute approximate surface area is 207 Å². The lowest BCUT2D eigenvalue weighted by Gasteiger charge is -2.16. The number of benzene rings is 2. The van der Waals surface area contributed by atoms with Gasteiger partial charge in [-0.3, -0.25) is 9.59 Å². The first kappa shape index (κ1) is 23.6. The monoisotopic (exact) mass is 489 g/mol. The predicted molar refractivity (Wildman–Crippen MR) is 137 cm³/mol. The van der Waals surface area contributed by atoms with Crippen molar-refractivity contribution in [1.82, 2.24) is 20.1 Å². The standard InChI is InChI=1S/C27H28FN5O3/c1-15(30-26(34)20-13-18(28)11-12-22(20)36-2)16-7-9-17(10-8-16)21-14-33(19-5-3-4-6-19)24-23(21)25(29)31-32-27(24)35/h7-15,19H,3-6H2,1-2H3,(H2,29,31)(H,30,34)(H,32,35)/t15-/m0/s1. The number of H-pyrrole nitrogens is 1. The third kappa shape index (κ3) is 4.21. The summed E-state index contributed by atoms with van der Waals surface area (Å²) in [6.07, 6.45) is 6.33. The Kier molecular flexibility index (Phi) is 6.22. The van der Waals surface area contributed by atoms with Gasteiger partial charge in [-0.1, -0.05) is 37.1 Å². The van der Waals surface area contributed by atoms with Crippen molar-refractivity contribution in [2.24, 2.45) is 0 Å². The number of halogens is 1. The summed E-state index contributed by atoms with van der Waals surface area (Å²) in [5, 5.41) is 10.1. The normalized spacial score (nSPS) is 14.8. The fourth-order valence-electron chi connectivity index (χ4n) is 5.09. The lowest BCUT2D eigenvalue weighted by atomic mass is 10.0. The van der Waals surface area contributed by atoms with Crippen molar-refractivity contribution in [2.45, 2.75) is 44.7 Å². The van der Waals surface area contributed by atoms with Gasteiger partial charge in [0.2, 0.25) is 0 Å². The second-order valence-corrected chi connectivity index (χ2v) is 9.21. The summed E-state index contributed by atoms with van der Waals surface area (Å²) >= 11 is 0. The molecular formula is C27H28FN5O3. The molecule has 0 unspecified atom stereocenters. The smallest absolute Gasteiger partial charge is 0.288 e. The number of nitrogen functional groups attached to an aromatic ring is 1. The quantitative estimate of drug-likeness (QED) is 0.362. The van der Waals surface area contributed by atoms with Crippen LogP contribution < -0.4 is 21.3 Å². The van der Waals surface area contributed by atoms with E-state index in [0.717, 1.165) is 48.4 Å². The minimum atomic E-state index is -0.512. The number of nitrogens with one attached hydrogen (secondary N) is 2. The van der Waals surface area contributed by atoms with E-state index in [0.29, 0.717) is 16.7 Å². The number of hydrogen-bond donors (Lipinski definition) is 3. The molecule has 36 heavy (non-hydrogen) atoms. The first-order valence-electron chi connectivity index (χ1n) is 12.0. The third-order valence-corrected chi connectivity index (χ3v) is 6.98. The van der Waals surface area contributed by atoms with E-state index in [1.54, 1.807) is 0 Å². The maximum Gasteiger partial charge on any atom is 0.288 e. The topological polar surface area (TPSA) is 115 Å². The molecule has 0 spiro atoms. The van der Waals surface area contributed by atoms with Crippen LogP contribution in [0.2, 0.25) is 0 Å². The molecule has 5 rings (SSSR count). The van der Waals surface area contributed by atoms with Crippen LogP contribution in [0.5, 0.6) is 5.75 Å². The van der Waals surface area contributed by atoms with Gasteiger partial charge < -0.3 is 20.4 Å². The highest BCUT2D eigenvalue weighted by Crippen LogP contribution is 2.38. The molecular weight excluding hydrogens is 461 g/mol. The van der Waals surface area contributed by atoms with Gasteiger partial charge >= 0.3 is 0 Å². The second kappa shape index (κ2) is 9.49. The van der Waals surface area contributed by atoms with Gasteiger partial charge in [-0.25, -0.2) is 9.49 Å². The summed E-state index contributed by atoms with van der Waals surface area (Å²) in [5.41, 5.74) is 9.26. The molecule has 1 aliphatic rings. The Hall–Kier alpha value is -4.14. The van der Waals surface area contributed by atoms with Crippen LogP contribution >= 0.6 is 0 Å². The van der Waals surface area contributed by atoms with Crippen LogP contribution in [0.25, 0.3) is 22.0 Å². The van der Waals surface area contributed by atoms with Crippen LogP contribution in [-0.2, 0) is 0 Å². The van der Waals surface area contributed by atoms with Crippen LogP contribution in [0.1, 0.15) is 60.6 Å². The van der Waals surface area contributed by atoms with Gasteiger partial charge in [0.1, 0.15) is 17.1 Å². The molecule has 186 valence electrons. The zero-order chi connectivity index (χ0) is 25.4. The molecule has 8 nitrogen and oxygen atoms in total. The highest BCUT2D eigenvalue weighted by Gasteiger charge is 2.24. The molecule has 9 heteroatoms. The van der Waals surface area contributed by atoms with Gasteiger partial charge in [0.05, 0.1) is 24.1 Å². The average Bonchev–Trinajstić information content (AvgIpc) is 3.55. The van der Waals surface area contributed by atoms with E-state index in [4.69, 9.17) is 10.5 Å². The molecule has 1 atom stereocenters. The number of methoxy groups -OCH3 is 1. The molecule has 0 aliphatic heterocycles. The van der Waals surface area contributed by atoms with Gasteiger partial charge in [-0.15, -0.1) is 0 Å². The third-order valence-electron chi connectivity index (χ3n) is 6.98. The summed E-state index contributed by atoms with van der Waals surface area (Å²) in [7, 11) is 1.44. The van der Waals surface area contributed by atoms with Crippen molar-refractivity contribution in [3.05, 3.63) is 76.0 Å². The number of aromatic amines is 1. The van der Waals surface area contributed by atoms with E-state index in [1.165, 1.54) is 19.2 Å². The Morgan fingerprint density at radius 2 is 1.94 bits per heavy atom. The minimum Gasteiger partial charge on any atom is -0.496 e. The van der Waals surface area contributed by atoms with Crippen LogP contribution in [0.4, 0.5) is 10.2 Å². The molecule has 4 aromatic rings. The molecule has 1 saturated carbocycles. The van der Waals surface area contributed by atoms with Crippen molar-refractivity contribution in [1.29, 1.82) is 0 Å². The Morgan fingerprint density at radius 3 is 2.64 bits per heavy atom. The number of carbonyl (C=O) groups is 1. The number of fused-ring (bicyclic) bond motifs is 1. The van der Waals surface area contributed by atoms with E-state index in [2.05, 4.69) is 20.1 Å². The van der Waals surface area contributed by atoms with Crippen LogP contribution in [0, 0.1) is 5.82 Å². The Balaban J connectivity index is 1.44. The summed E-state index contributed by atoms with van der Waals surface area (Å²) in [5.74, 6) is -0.357. The number of amides is 1. The van der Waals surface area contributed by atoms with Gasteiger partial charge in [-0.2, -0.15) is 5.10 Å². The van der Waals surface area contributed by atoms with Gasteiger partial charge in [0, 0.05) is 17.8 Å². The SMILES string of the molecule is COc1ccc(F)cc1C(=O)N[C@@H](C)c1ccc(-c2cn(C3CCCC3)c3c(=O)[nH]nc(N)c23)cc1. The predicted octanol–water partition coefficient (Wildman–Crippen LogP) is 4.73. The molecule has 1 aliphatic carbocycles. The highest BCUT2D eigenvalue weighted by molar-refractivity contribution is 6.02. The van der Waals surface area contributed by atoms with Gasteiger partial charge in [-0.05, 0) is 49.1 Å². The van der Waals surface area contributed by atoms with Crippen molar-refractivity contribution in [3.63, 3.8) is 0 Å². The Morgan fingerprint density at radius 1 is 1.22 bits per heavy atom. The number of ether oxygens (including phenoxy) is 1. The lowest BCUT2D eigenvalue weighted by molar-refractivity contribution is 0.0936. The van der Waals surface area contributed by atoms with Gasteiger partial charge in [0.15, 0.2) is 5.82 Å². The van der Waals surface area contributed by atoms with Crippen LogP contribution in [0.15, 0.2) is 53.5 Å². The second-order valence-electron chi connectivity index (χ2n) is 9.21. The molecule has 2 aromatic heterocycles. The highest BCUT2D eigenvalue weighted by atomic mass is 19.1. The van der Waals surface area contributed by atoms with E-state index >= 15 is 0 Å². The molecule has 0 bridgehead atoms. The fraction of sp³-hybridized carbons (Fsp3) is 0.296. The lowest BCUT2D eigenvalue weighted by Crippen LogP contribution is -2.27. The average molecular weight is 490 g/mol. The zero-order valence-electron chi connectivity index (χ0n) is 20.2. The van der Waals surface area contributed by atoms with E-state index in [9.17, 15) is 14.0 Å². The first-order valence-corrected chi connectivity index (χ1v) is 12.0. The van der Waals surface area contributed by atoms with Crippen molar-refractivity contribution >= 4 is 22.6 Å². The van der Waals surface area contributed by atoms with Crippen LogP contribution in [-0.4, -0.2) is 27.8 Å². The largest absolute Gasteiger partial charge is 0.496 e. The first-order chi connectivity index (χ1) is 17.4. The number of anilines is 1. The summed E-state index contributed by atoms with van der Waals surface area (Å²) in [6.45, 7) is 1.85. The summed E-state index contributed by atoms with van der Waals surface area (Å²) < 4.78 is 21.0. The molecule has 1 amide bonds. The number of carbonyl (C=O) groups excluding carboxylic acids is 1. The van der Waals surface area contributed by atoms with Crippen molar-refractivity contribution in [2.75, 3.05) is 12.8 Å². The number of nitrogens with two attached hydrogens (primary N) is 1. The molecule has 0 saturated heterocycles. The number of rotatable bonds is 6. The van der Waals surface area contributed by atoms with E-state index in [-0.39, 0.29) is 29.0 Å². The maximum absolute atomic E-state index is 13.7. The zero-order valence-corrected chi connectivity index (χ0v) is 20.2. The minimum absolute atomic E-state index is 0.133.